The summed E-state index contributed by atoms with van der Waals surface area (Å²) in [5.41, 5.74) is -1.67. The number of hydrogen-bond donors (Lipinski definition) is 1. The highest BCUT2D eigenvalue weighted by Gasteiger charge is 2.44. The van der Waals surface area contributed by atoms with E-state index in [2.05, 4.69) is 5.32 Å². The third-order valence-corrected chi connectivity index (χ3v) is 6.11. The first-order chi connectivity index (χ1) is 15.3. The SMILES string of the molecule is O=C(NCC1CCN(CC(=O)N2CC[C@H](C(F)(F)F)C2)CC1)c1cc(F)cc(C(F)(F)F)c1. The maximum atomic E-state index is 13.5. The molecule has 1 atom stereocenters. The third kappa shape index (κ3) is 6.81. The van der Waals surface area contributed by atoms with Gasteiger partial charge in [-0.15, -0.1) is 0 Å². The highest BCUT2D eigenvalue weighted by molar-refractivity contribution is 5.94. The molecule has 0 aliphatic carbocycles. The molecule has 33 heavy (non-hydrogen) atoms. The summed E-state index contributed by atoms with van der Waals surface area (Å²) in [4.78, 5) is 27.6. The lowest BCUT2D eigenvalue weighted by molar-refractivity contribution is -0.171. The quantitative estimate of drug-likeness (QED) is 0.650. The number of benzene rings is 1. The fraction of sp³-hybridized carbons (Fsp3) is 0.619. The highest BCUT2D eigenvalue weighted by atomic mass is 19.4. The Kier molecular flexibility index (Phi) is 7.55. The van der Waals surface area contributed by atoms with E-state index in [0.29, 0.717) is 38.1 Å². The number of carbonyl (C=O) groups is 2. The molecule has 0 spiro atoms. The van der Waals surface area contributed by atoms with Gasteiger partial charge in [-0.1, -0.05) is 0 Å². The fourth-order valence-electron chi connectivity index (χ4n) is 4.12. The lowest BCUT2D eigenvalue weighted by Crippen LogP contribution is -2.44. The van der Waals surface area contributed by atoms with Gasteiger partial charge in [-0.05, 0) is 56.5 Å². The lowest BCUT2D eigenvalue weighted by Gasteiger charge is -2.32. The van der Waals surface area contributed by atoms with Crippen LogP contribution in [0.4, 0.5) is 30.7 Å². The van der Waals surface area contributed by atoms with Crippen molar-refractivity contribution in [2.45, 2.75) is 31.6 Å². The monoisotopic (exact) mass is 483 g/mol. The van der Waals surface area contributed by atoms with E-state index in [1.807, 2.05) is 4.90 Å². The molecule has 2 aliphatic heterocycles. The van der Waals surface area contributed by atoms with Crippen LogP contribution in [0.1, 0.15) is 35.2 Å². The van der Waals surface area contributed by atoms with E-state index in [9.17, 15) is 40.3 Å². The summed E-state index contributed by atoms with van der Waals surface area (Å²) in [5, 5.41) is 2.52. The summed E-state index contributed by atoms with van der Waals surface area (Å²) < 4.78 is 90.2. The van der Waals surface area contributed by atoms with Crippen LogP contribution in [0.15, 0.2) is 18.2 Å². The molecule has 1 N–H and O–H groups in total. The normalized spacial score (nSPS) is 20.8. The highest BCUT2D eigenvalue weighted by Crippen LogP contribution is 2.33. The predicted octanol–water partition coefficient (Wildman–Crippen LogP) is 3.70. The minimum absolute atomic E-state index is 0.0114. The molecule has 2 aliphatic rings. The Morgan fingerprint density at radius 2 is 1.64 bits per heavy atom. The first kappa shape index (κ1) is 25.3. The molecule has 3 rings (SSSR count). The van der Waals surface area contributed by atoms with E-state index >= 15 is 0 Å². The summed E-state index contributed by atoms with van der Waals surface area (Å²) in [6.45, 7) is 0.968. The van der Waals surface area contributed by atoms with E-state index in [1.54, 1.807) is 0 Å². The van der Waals surface area contributed by atoms with Gasteiger partial charge in [-0.3, -0.25) is 14.5 Å². The van der Waals surface area contributed by atoms with E-state index in [-0.39, 0.29) is 44.4 Å². The summed E-state index contributed by atoms with van der Waals surface area (Å²) in [6, 6.07) is 1.65. The zero-order valence-corrected chi connectivity index (χ0v) is 17.6. The smallest absolute Gasteiger partial charge is 0.352 e. The van der Waals surface area contributed by atoms with Gasteiger partial charge < -0.3 is 10.2 Å². The average molecular weight is 483 g/mol. The van der Waals surface area contributed by atoms with E-state index in [4.69, 9.17) is 0 Å². The first-order valence-corrected chi connectivity index (χ1v) is 10.6. The number of hydrogen-bond acceptors (Lipinski definition) is 3. The number of alkyl halides is 6. The van der Waals surface area contributed by atoms with Crippen molar-refractivity contribution in [3.05, 3.63) is 35.1 Å². The Balaban J connectivity index is 1.42. The van der Waals surface area contributed by atoms with Crippen molar-refractivity contribution in [1.29, 1.82) is 0 Å². The summed E-state index contributed by atoms with van der Waals surface area (Å²) in [5.74, 6) is -3.79. The molecule has 0 aromatic heterocycles. The molecule has 2 saturated heterocycles. The molecule has 0 saturated carbocycles. The second-order valence-corrected chi connectivity index (χ2v) is 8.52. The molecule has 2 amide bonds. The molecule has 0 bridgehead atoms. The van der Waals surface area contributed by atoms with E-state index in [0.717, 1.165) is 6.07 Å². The largest absolute Gasteiger partial charge is 0.416 e. The predicted molar refractivity (Wildman–Crippen MR) is 104 cm³/mol. The maximum Gasteiger partial charge on any atom is 0.416 e. The van der Waals surface area contributed by atoms with Gasteiger partial charge in [0, 0.05) is 25.2 Å². The zero-order chi connectivity index (χ0) is 24.4. The number of nitrogens with zero attached hydrogens (tertiary/aromatic N) is 2. The number of amides is 2. The standard InChI is InChI=1S/C21H24F7N3O2/c22-17-8-14(7-16(9-17)21(26,27)28)19(33)29-10-13-1-4-30(5-2-13)12-18(32)31-6-3-15(11-31)20(23,24)25/h7-9,13,15H,1-6,10-12H2,(H,29,33)/t15-/m0/s1. The summed E-state index contributed by atoms with van der Waals surface area (Å²) >= 11 is 0. The summed E-state index contributed by atoms with van der Waals surface area (Å²) in [7, 11) is 0. The van der Waals surface area contributed by atoms with Crippen molar-refractivity contribution in [3.63, 3.8) is 0 Å². The molecule has 0 unspecified atom stereocenters. The number of piperidine rings is 1. The van der Waals surface area contributed by atoms with Crippen LogP contribution in [0, 0.1) is 17.7 Å². The Morgan fingerprint density at radius 3 is 2.21 bits per heavy atom. The topological polar surface area (TPSA) is 52.7 Å². The van der Waals surface area contributed by atoms with Gasteiger partial charge in [0.05, 0.1) is 18.0 Å². The molecule has 12 heteroatoms. The second-order valence-electron chi connectivity index (χ2n) is 8.52. The van der Waals surface area contributed by atoms with Crippen molar-refractivity contribution in [3.8, 4) is 0 Å². The van der Waals surface area contributed by atoms with Gasteiger partial charge in [0.25, 0.3) is 5.91 Å². The van der Waals surface area contributed by atoms with Gasteiger partial charge in [-0.2, -0.15) is 26.3 Å². The minimum Gasteiger partial charge on any atom is -0.352 e. The number of halogens is 7. The lowest BCUT2D eigenvalue weighted by atomic mass is 9.96. The number of rotatable bonds is 5. The molecule has 184 valence electrons. The molecular formula is C21H24F7N3O2. The van der Waals surface area contributed by atoms with Crippen molar-refractivity contribution >= 4 is 11.8 Å². The average Bonchev–Trinajstić information content (AvgIpc) is 3.23. The van der Waals surface area contributed by atoms with Gasteiger partial charge in [0.1, 0.15) is 5.82 Å². The van der Waals surface area contributed by atoms with Crippen molar-refractivity contribution in [2.75, 3.05) is 39.3 Å². The Hall–Kier alpha value is -2.37. The van der Waals surface area contributed by atoms with Crippen LogP contribution in [-0.2, 0) is 11.0 Å². The number of likely N-dealkylation sites (tertiary alicyclic amines) is 2. The third-order valence-electron chi connectivity index (χ3n) is 6.11. The van der Waals surface area contributed by atoms with Crippen LogP contribution in [0.5, 0.6) is 0 Å². The minimum atomic E-state index is -4.77. The van der Waals surface area contributed by atoms with Gasteiger partial charge in [0.15, 0.2) is 0 Å². The Morgan fingerprint density at radius 1 is 0.970 bits per heavy atom. The zero-order valence-electron chi connectivity index (χ0n) is 17.6. The van der Waals surface area contributed by atoms with Gasteiger partial charge in [-0.25, -0.2) is 4.39 Å². The molecule has 1 aromatic carbocycles. The Labute approximate surface area is 185 Å². The van der Waals surface area contributed by atoms with E-state index < -0.39 is 41.1 Å². The van der Waals surface area contributed by atoms with Crippen molar-refractivity contribution in [2.24, 2.45) is 11.8 Å². The molecule has 1 aromatic rings. The first-order valence-electron chi connectivity index (χ1n) is 10.6. The Bertz CT molecular complexity index is 864. The fourth-order valence-corrected chi connectivity index (χ4v) is 4.12. The summed E-state index contributed by atoms with van der Waals surface area (Å²) in [6.07, 6.45) is -7.99. The van der Waals surface area contributed by atoms with Crippen LogP contribution in [0.25, 0.3) is 0 Å². The molecule has 2 heterocycles. The van der Waals surface area contributed by atoms with Crippen LogP contribution >= 0.6 is 0 Å². The van der Waals surface area contributed by atoms with Crippen LogP contribution in [-0.4, -0.2) is 67.1 Å². The second kappa shape index (κ2) is 9.86. The van der Waals surface area contributed by atoms with Gasteiger partial charge >= 0.3 is 12.4 Å². The van der Waals surface area contributed by atoms with Crippen molar-refractivity contribution < 1.29 is 40.3 Å². The van der Waals surface area contributed by atoms with Crippen LogP contribution < -0.4 is 5.32 Å². The number of carbonyl (C=O) groups excluding carboxylic acids is 2. The van der Waals surface area contributed by atoms with Gasteiger partial charge in [0.2, 0.25) is 5.91 Å². The van der Waals surface area contributed by atoms with Crippen LogP contribution in [0.3, 0.4) is 0 Å². The molecule has 0 radical (unpaired) electrons. The van der Waals surface area contributed by atoms with E-state index in [1.165, 1.54) is 4.90 Å². The molecular weight excluding hydrogens is 459 g/mol. The van der Waals surface area contributed by atoms with Crippen LogP contribution in [0.2, 0.25) is 0 Å². The number of nitrogens with one attached hydrogen (secondary N) is 1. The maximum absolute atomic E-state index is 13.5. The van der Waals surface area contributed by atoms with Crippen molar-refractivity contribution in [1.82, 2.24) is 15.1 Å². The molecule has 2 fully saturated rings. The molecule has 5 nitrogen and oxygen atoms in total.